The summed E-state index contributed by atoms with van der Waals surface area (Å²) in [6.45, 7) is 11.2. The third-order valence-corrected chi connectivity index (χ3v) is 8.31. The summed E-state index contributed by atoms with van der Waals surface area (Å²) in [5.41, 5.74) is 2.43. The van der Waals surface area contributed by atoms with Crippen molar-refractivity contribution >= 4 is 23.9 Å². The van der Waals surface area contributed by atoms with Gasteiger partial charge in [0.05, 0.1) is 12.5 Å². The molecule has 2 atom stereocenters. The molecule has 43 heavy (non-hydrogen) atoms. The van der Waals surface area contributed by atoms with Crippen LogP contribution in [0.25, 0.3) is 0 Å². The van der Waals surface area contributed by atoms with Gasteiger partial charge in [0, 0.05) is 12.1 Å². The van der Waals surface area contributed by atoms with E-state index in [1.165, 1.54) is 0 Å². The van der Waals surface area contributed by atoms with Crippen molar-refractivity contribution in [1.82, 2.24) is 10.2 Å². The summed E-state index contributed by atoms with van der Waals surface area (Å²) in [5.74, 6) is -0.834. The number of rotatable bonds is 9. The second-order valence-corrected chi connectivity index (χ2v) is 12.1. The summed E-state index contributed by atoms with van der Waals surface area (Å²) in [5, 5.41) is 10.7. The van der Waals surface area contributed by atoms with Crippen LogP contribution in [0.5, 0.6) is 0 Å². The Bertz CT molecular complexity index is 1150. The van der Waals surface area contributed by atoms with Gasteiger partial charge in [-0.1, -0.05) is 77.5 Å². The van der Waals surface area contributed by atoms with Crippen LogP contribution in [0.1, 0.15) is 121 Å². The van der Waals surface area contributed by atoms with Gasteiger partial charge in [0.1, 0.15) is 23.8 Å². The van der Waals surface area contributed by atoms with E-state index in [-0.39, 0.29) is 23.8 Å². The van der Waals surface area contributed by atoms with Crippen LogP contribution in [0.15, 0.2) is 53.1 Å². The molecular formula is C35H52FN3O4. The first kappa shape index (κ1) is 36.1. The Labute approximate surface area is 257 Å². The van der Waals surface area contributed by atoms with Gasteiger partial charge in [-0.15, -0.1) is 0 Å². The van der Waals surface area contributed by atoms with Crippen LogP contribution in [0.3, 0.4) is 0 Å². The predicted molar refractivity (Wildman–Crippen MR) is 172 cm³/mol. The topological polar surface area (TPSA) is 99.1 Å². The Hall–Kier alpha value is -3.13. The molecule has 1 saturated carbocycles. The summed E-state index contributed by atoms with van der Waals surface area (Å²) >= 11 is 0. The first-order valence-electron chi connectivity index (χ1n) is 15.9. The number of allylic oxidation sites excluding steroid dienone is 3. The minimum Gasteiger partial charge on any atom is -0.481 e. The Morgan fingerprint density at radius 1 is 1.16 bits per heavy atom. The van der Waals surface area contributed by atoms with Crippen molar-refractivity contribution in [1.29, 1.82) is 0 Å². The van der Waals surface area contributed by atoms with Gasteiger partial charge >= 0.3 is 5.97 Å². The van der Waals surface area contributed by atoms with Gasteiger partial charge in [0.25, 0.3) is 5.91 Å². The molecule has 1 aromatic carbocycles. The lowest BCUT2D eigenvalue weighted by Crippen LogP contribution is -2.51. The molecule has 238 valence electrons. The third kappa shape index (κ3) is 9.95. The van der Waals surface area contributed by atoms with Gasteiger partial charge < -0.3 is 15.3 Å². The van der Waals surface area contributed by atoms with E-state index in [0.717, 1.165) is 50.4 Å². The number of aliphatic imine (C=N–C) groups is 1. The number of hydrogen-bond donors (Lipinski definition) is 2. The van der Waals surface area contributed by atoms with E-state index in [1.807, 2.05) is 55.2 Å². The quantitative estimate of drug-likeness (QED) is 0.225. The van der Waals surface area contributed by atoms with Crippen molar-refractivity contribution in [3.8, 4) is 0 Å². The zero-order valence-corrected chi connectivity index (χ0v) is 27.0. The molecule has 1 aliphatic heterocycles. The fourth-order valence-corrected chi connectivity index (χ4v) is 5.81. The van der Waals surface area contributed by atoms with Gasteiger partial charge in [-0.3, -0.25) is 19.4 Å². The van der Waals surface area contributed by atoms with Crippen LogP contribution in [-0.4, -0.2) is 59.3 Å². The zero-order valence-electron chi connectivity index (χ0n) is 27.0. The number of alkyl halides is 1. The van der Waals surface area contributed by atoms with Crippen molar-refractivity contribution in [3.05, 3.63) is 59.2 Å². The molecule has 0 aromatic heterocycles. The number of nitrogens with zero attached hydrogens (tertiary/aromatic N) is 2. The summed E-state index contributed by atoms with van der Waals surface area (Å²) in [7, 11) is 1.73. The second-order valence-electron chi connectivity index (χ2n) is 12.1. The van der Waals surface area contributed by atoms with Gasteiger partial charge in [0.15, 0.2) is 0 Å². The van der Waals surface area contributed by atoms with Crippen LogP contribution in [-0.2, 0) is 9.59 Å². The predicted octanol–water partition coefficient (Wildman–Crippen LogP) is 7.63. The van der Waals surface area contributed by atoms with E-state index in [0.29, 0.717) is 42.7 Å². The molecule has 1 spiro atoms. The molecular weight excluding hydrogens is 545 g/mol. The first-order valence-corrected chi connectivity index (χ1v) is 15.9. The number of halogens is 1. The number of aldehydes is 1. The van der Waals surface area contributed by atoms with Crippen molar-refractivity contribution in [2.24, 2.45) is 10.4 Å². The molecule has 2 aliphatic carbocycles. The molecule has 1 aromatic rings. The summed E-state index contributed by atoms with van der Waals surface area (Å²) < 4.78 is 14.6. The molecule has 3 aliphatic rings. The molecule has 4 rings (SSSR count). The van der Waals surface area contributed by atoms with E-state index in [2.05, 4.69) is 26.1 Å². The van der Waals surface area contributed by atoms with Crippen LogP contribution in [0.4, 0.5) is 4.39 Å². The lowest BCUT2D eigenvalue weighted by Gasteiger charge is -2.47. The molecule has 2 N–H and O–H groups in total. The van der Waals surface area contributed by atoms with Crippen LogP contribution in [0, 0.1) is 5.41 Å². The lowest BCUT2D eigenvalue weighted by atomic mass is 9.72. The minimum atomic E-state index is -1.06. The van der Waals surface area contributed by atoms with Gasteiger partial charge in [0.2, 0.25) is 0 Å². The largest absolute Gasteiger partial charge is 0.481 e. The molecule has 7 nitrogen and oxygen atoms in total. The molecule has 0 saturated heterocycles. The number of carbonyl (C=O) groups is 3. The SMILES string of the molecule is CC.CCC[C@H](c1ccc(C=O)cc1)N1C(=O)C(/C2=C/C(F)CC/C=C\C2)=NC12CCC(C)(C)CC2.CNCCC(=O)O. The maximum atomic E-state index is 14.6. The van der Waals surface area contributed by atoms with E-state index in [9.17, 15) is 18.8 Å². The molecule has 1 unspecified atom stereocenters. The maximum absolute atomic E-state index is 14.6. The number of carboxylic acids is 1. The highest BCUT2D eigenvalue weighted by Crippen LogP contribution is 2.50. The third-order valence-electron chi connectivity index (χ3n) is 8.31. The Balaban J connectivity index is 0.000000631. The Morgan fingerprint density at radius 3 is 2.35 bits per heavy atom. The molecule has 1 amide bonds. The summed E-state index contributed by atoms with van der Waals surface area (Å²) in [6, 6.07) is 7.43. The number of hydrogen-bond acceptors (Lipinski definition) is 5. The molecule has 1 fully saturated rings. The van der Waals surface area contributed by atoms with Crippen LogP contribution < -0.4 is 5.32 Å². The summed E-state index contributed by atoms with van der Waals surface area (Å²) in [6.07, 6.45) is 12.7. The van der Waals surface area contributed by atoms with E-state index >= 15 is 0 Å². The smallest absolute Gasteiger partial charge is 0.304 e. The minimum absolute atomic E-state index is 0.0787. The highest BCUT2D eigenvalue weighted by molar-refractivity contribution is 6.46. The van der Waals surface area contributed by atoms with Crippen LogP contribution in [0.2, 0.25) is 0 Å². The standard InChI is InChI=1S/C29H37FN2O2.C4H9NO2.C2H6/c1-4-8-25(22-13-11-21(20-33)12-14-22)32-27(34)26(23-9-6-5-7-10-24(30)19-23)31-29(32)17-15-28(2,3)16-18-29;1-5-3-2-4(6)7;1-2/h5-6,11-14,19-20,24-25H,4,7-10,15-18H2,1-3H3;5H,2-3H2,1H3,(H,6,7);1-2H3/b6-5-,23-19+;;/t24?,25-;;/m1../s1. The fourth-order valence-electron chi connectivity index (χ4n) is 5.81. The molecule has 1 heterocycles. The highest BCUT2D eigenvalue weighted by Gasteiger charge is 2.52. The molecule has 0 radical (unpaired) electrons. The van der Waals surface area contributed by atoms with E-state index in [1.54, 1.807) is 13.1 Å². The summed E-state index contributed by atoms with van der Waals surface area (Å²) in [4.78, 5) is 42.2. The number of carbonyl (C=O) groups excluding carboxylic acids is 2. The average molecular weight is 598 g/mol. The zero-order chi connectivity index (χ0) is 32.0. The van der Waals surface area contributed by atoms with E-state index in [4.69, 9.17) is 10.1 Å². The normalized spacial score (nSPS) is 23.2. The maximum Gasteiger partial charge on any atom is 0.304 e. The number of carboxylic acid groups (broad SMARTS) is 1. The van der Waals surface area contributed by atoms with E-state index < -0.39 is 17.8 Å². The van der Waals surface area contributed by atoms with Crippen molar-refractivity contribution in [3.63, 3.8) is 0 Å². The van der Waals surface area contributed by atoms with Gasteiger partial charge in [-0.2, -0.15) is 0 Å². The average Bonchev–Trinajstić information content (AvgIpc) is 3.27. The molecule has 0 bridgehead atoms. The number of benzene rings is 1. The monoisotopic (exact) mass is 597 g/mol. The highest BCUT2D eigenvalue weighted by atomic mass is 19.1. The second kappa shape index (κ2) is 17.2. The Morgan fingerprint density at radius 2 is 1.81 bits per heavy atom. The lowest BCUT2D eigenvalue weighted by molar-refractivity contribution is -0.137. The Kier molecular flexibility index (Phi) is 14.5. The van der Waals surface area contributed by atoms with Crippen molar-refractivity contribution in [2.75, 3.05) is 13.6 Å². The number of aliphatic carboxylic acids is 1. The number of nitrogens with one attached hydrogen (secondary N) is 1. The van der Waals surface area contributed by atoms with Crippen molar-refractivity contribution in [2.45, 2.75) is 117 Å². The number of amides is 1. The van der Waals surface area contributed by atoms with Crippen molar-refractivity contribution < 1.29 is 23.9 Å². The van der Waals surface area contributed by atoms with Gasteiger partial charge in [-0.25, -0.2) is 4.39 Å². The van der Waals surface area contributed by atoms with Crippen LogP contribution >= 0.6 is 0 Å². The fraction of sp³-hybridized carbons (Fsp3) is 0.600. The first-order chi connectivity index (χ1) is 20.6. The molecule has 8 heteroatoms. The van der Waals surface area contributed by atoms with Gasteiger partial charge in [-0.05, 0) is 81.0 Å².